The zero-order valence-electron chi connectivity index (χ0n) is 17.4. The van der Waals surface area contributed by atoms with E-state index in [1.165, 1.54) is 6.42 Å². The summed E-state index contributed by atoms with van der Waals surface area (Å²) in [6, 6.07) is 8.21. The van der Waals surface area contributed by atoms with E-state index in [2.05, 4.69) is 17.0 Å². The Balaban J connectivity index is 1.28. The summed E-state index contributed by atoms with van der Waals surface area (Å²) < 4.78 is 17.1. The van der Waals surface area contributed by atoms with Crippen molar-refractivity contribution in [3.63, 3.8) is 0 Å². The van der Waals surface area contributed by atoms with E-state index in [0.717, 1.165) is 76.5 Å². The molecule has 0 unspecified atom stereocenters. The van der Waals surface area contributed by atoms with E-state index >= 15 is 0 Å². The van der Waals surface area contributed by atoms with Gasteiger partial charge in [0, 0.05) is 45.2 Å². The molecule has 4 rings (SSSR count). The van der Waals surface area contributed by atoms with Gasteiger partial charge in [-0.3, -0.25) is 9.69 Å². The Morgan fingerprint density at radius 1 is 1.07 bits per heavy atom. The van der Waals surface area contributed by atoms with Gasteiger partial charge in [-0.05, 0) is 43.4 Å². The Hall–Kier alpha value is -1.63. The van der Waals surface area contributed by atoms with Gasteiger partial charge in [0.25, 0.3) is 0 Å². The van der Waals surface area contributed by atoms with Crippen LogP contribution in [0.4, 0.5) is 0 Å². The summed E-state index contributed by atoms with van der Waals surface area (Å²) in [5.74, 6) is 1.41. The topological polar surface area (TPSA) is 51.2 Å². The average Bonchev–Trinajstić information content (AvgIpc) is 3.21. The van der Waals surface area contributed by atoms with Crippen LogP contribution in [0.3, 0.4) is 0 Å². The molecule has 0 bridgehead atoms. The smallest absolute Gasteiger partial charge is 0.226 e. The minimum absolute atomic E-state index is 0.196. The molecule has 2 saturated heterocycles. The first kappa shape index (κ1) is 20.6. The molecular formula is C23H34N2O4. The lowest BCUT2D eigenvalue weighted by molar-refractivity contribution is -0.140. The Morgan fingerprint density at radius 3 is 2.52 bits per heavy atom. The minimum atomic E-state index is 0.196. The molecule has 0 spiro atoms. The molecule has 3 aliphatic rings. The molecule has 0 aromatic heterocycles. The second kappa shape index (κ2) is 10.4. The van der Waals surface area contributed by atoms with E-state index in [0.29, 0.717) is 25.6 Å². The maximum Gasteiger partial charge on any atom is 0.226 e. The van der Waals surface area contributed by atoms with Crippen molar-refractivity contribution in [2.75, 3.05) is 52.6 Å². The number of hydrogen-bond donors (Lipinski definition) is 0. The summed E-state index contributed by atoms with van der Waals surface area (Å²) >= 11 is 0. The molecule has 1 saturated carbocycles. The zero-order valence-corrected chi connectivity index (χ0v) is 17.4. The van der Waals surface area contributed by atoms with Gasteiger partial charge in [-0.25, -0.2) is 0 Å². The summed E-state index contributed by atoms with van der Waals surface area (Å²) in [4.78, 5) is 17.3. The number of nitrogens with zero attached hydrogens (tertiary/aromatic N) is 2. The minimum Gasteiger partial charge on any atom is -0.492 e. The second-order valence-electron chi connectivity index (χ2n) is 8.43. The highest BCUT2D eigenvalue weighted by Crippen LogP contribution is 2.29. The van der Waals surface area contributed by atoms with Crippen LogP contribution < -0.4 is 4.74 Å². The molecule has 0 N–H and O–H groups in total. The number of morpholine rings is 1. The summed E-state index contributed by atoms with van der Waals surface area (Å²) in [6.07, 6.45) is 5.62. The van der Waals surface area contributed by atoms with E-state index in [4.69, 9.17) is 14.2 Å². The fraction of sp³-hybridized carbons (Fsp3) is 0.696. The highest BCUT2D eigenvalue weighted by molar-refractivity contribution is 5.79. The number of amides is 1. The molecule has 1 aliphatic carbocycles. The van der Waals surface area contributed by atoms with Gasteiger partial charge in [0.15, 0.2) is 0 Å². The molecule has 29 heavy (non-hydrogen) atoms. The average molecular weight is 403 g/mol. The van der Waals surface area contributed by atoms with Crippen LogP contribution in [-0.4, -0.2) is 74.4 Å². The number of hydrogen-bond acceptors (Lipinski definition) is 5. The molecule has 6 nitrogen and oxygen atoms in total. The van der Waals surface area contributed by atoms with Crippen LogP contribution in [0.25, 0.3) is 0 Å². The summed E-state index contributed by atoms with van der Waals surface area (Å²) in [5, 5.41) is 0. The van der Waals surface area contributed by atoms with E-state index in [1.54, 1.807) is 0 Å². The third-order valence-corrected chi connectivity index (χ3v) is 6.29. The first-order valence-electron chi connectivity index (χ1n) is 11.2. The van der Waals surface area contributed by atoms with Crippen LogP contribution in [0.2, 0.25) is 0 Å². The number of rotatable bonds is 9. The van der Waals surface area contributed by atoms with Crippen molar-refractivity contribution < 1.29 is 19.0 Å². The van der Waals surface area contributed by atoms with Crippen LogP contribution in [0.5, 0.6) is 5.75 Å². The van der Waals surface area contributed by atoms with Crippen LogP contribution in [0.1, 0.15) is 37.7 Å². The largest absolute Gasteiger partial charge is 0.492 e. The Kier molecular flexibility index (Phi) is 7.41. The normalized spacial score (nSPS) is 23.0. The van der Waals surface area contributed by atoms with Crippen molar-refractivity contribution in [1.29, 1.82) is 0 Å². The van der Waals surface area contributed by atoms with E-state index in [1.807, 2.05) is 17.0 Å². The maximum absolute atomic E-state index is 12.9. The highest BCUT2D eigenvalue weighted by atomic mass is 16.5. The van der Waals surface area contributed by atoms with Crippen molar-refractivity contribution in [2.45, 2.75) is 44.8 Å². The monoisotopic (exact) mass is 402 g/mol. The SMILES string of the molecule is O=C(C1CCC1)N(Cc1ccc(OCCN2CCOCC2)cc1)C[C@@H]1CCCO1. The van der Waals surface area contributed by atoms with Gasteiger partial charge in [0.1, 0.15) is 12.4 Å². The molecule has 2 heterocycles. The summed E-state index contributed by atoms with van der Waals surface area (Å²) in [7, 11) is 0. The fourth-order valence-corrected chi connectivity index (χ4v) is 4.21. The lowest BCUT2D eigenvalue weighted by Gasteiger charge is -2.33. The van der Waals surface area contributed by atoms with Crippen molar-refractivity contribution in [2.24, 2.45) is 5.92 Å². The van der Waals surface area contributed by atoms with Crippen LogP contribution in [-0.2, 0) is 20.8 Å². The molecule has 6 heteroatoms. The predicted molar refractivity (Wildman–Crippen MR) is 111 cm³/mol. The van der Waals surface area contributed by atoms with Gasteiger partial charge < -0.3 is 19.1 Å². The zero-order chi connectivity index (χ0) is 19.9. The quantitative estimate of drug-likeness (QED) is 0.636. The summed E-state index contributed by atoms with van der Waals surface area (Å²) in [5.41, 5.74) is 1.15. The van der Waals surface area contributed by atoms with Crippen molar-refractivity contribution in [3.05, 3.63) is 29.8 Å². The Morgan fingerprint density at radius 2 is 1.86 bits per heavy atom. The lowest BCUT2D eigenvalue weighted by atomic mass is 9.84. The van der Waals surface area contributed by atoms with Gasteiger partial charge in [0.2, 0.25) is 5.91 Å². The highest BCUT2D eigenvalue weighted by Gasteiger charge is 2.31. The van der Waals surface area contributed by atoms with E-state index in [-0.39, 0.29) is 12.0 Å². The van der Waals surface area contributed by atoms with Crippen molar-refractivity contribution in [1.82, 2.24) is 9.80 Å². The van der Waals surface area contributed by atoms with Crippen LogP contribution in [0, 0.1) is 5.92 Å². The molecule has 1 amide bonds. The number of benzene rings is 1. The first-order chi connectivity index (χ1) is 14.3. The molecule has 1 aromatic rings. The van der Waals surface area contributed by atoms with Gasteiger partial charge >= 0.3 is 0 Å². The number of carbonyl (C=O) groups is 1. The molecular weight excluding hydrogens is 368 g/mol. The molecule has 3 fully saturated rings. The number of carbonyl (C=O) groups excluding carboxylic acids is 1. The molecule has 0 radical (unpaired) electrons. The van der Waals surface area contributed by atoms with Crippen molar-refractivity contribution in [3.8, 4) is 5.75 Å². The molecule has 1 aromatic carbocycles. The van der Waals surface area contributed by atoms with Gasteiger partial charge in [-0.2, -0.15) is 0 Å². The van der Waals surface area contributed by atoms with Crippen molar-refractivity contribution >= 4 is 5.91 Å². The third-order valence-electron chi connectivity index (χ3n) is 6.29. The molecule has 160 valence electrons. The van der Waals surface area contributed by atoms with E-state index < -0.39 is 0 Å². The Bertz CT molecular complexity index is 635. The van der Waals surface area contributed by atoms with Gasteiger partial charge in [0.05, 0.1) is 19.3 Å². The fourth-order valence-electron chi connectivity index (χ4n) is 4.21. The molecule has 1 atom stereocenters. The first-order valence-corrected chi connectivity index (χ1v) is 11.2. The van der Waals surface area contributed by atoms with E-state index in [9.17, 15) is 4.79 Å². The summed E-state index contributed by atoms with van der Waals surface area (Å²) in [6.45, 7) is 7.41. The third kappa shape index (κ3) is 5.93. The number of ether oxygens (including phenoxy) is 3. The van der Waals surface area contributed by atoms with Crippen LogP contribution in [0.15, 0.2) is 24.3 Å². The standard InChI is InChI=1S/C23H34N2O4/c26-23(20-3-1-4-20)25(18-22-5-2-13-28-22)17-19-6-8-21(9-7-19)29-16-12-24-10-14-27-15-11-24/h6-9,20,22H,1-5,10-18H2/t22-/m0/s1. The lowest BCUT2D eigenvalue weighted by Crippen LogP contribution is -2.42. The van der Waals surface area contributed by atoms with Gasteiger partial charge in [-0.1, -0.05) is 18.6 Å². The Labute approximate surface area is 174 Å². The van der Waals surface area contributed by atoms with Crippen LogP contribution >= 0.6 is 0 Å². The predicted octanol–water partition coefficient (Wildman–Crippen LogP) is 2.71. The molecule has 2 aliphatic heterocycles. The second-order valence-corrected chi connectivity index (χ2v) is 8.43. The van der Waals surface area contributed by atoms with Gasteiger partial charge in [-0.15, -0.1) is 0 Å². The maximum atomic E-state index is 12.9.